The molecule has 0 amide bonds. The lowest BCUT2D eigenvalue weighted by Crippen LogP contribution is -2.31. The molecular weight excluding hydrogens is 196 g/mol. The molecule has 0 spiro atoms. The van der Waals surface area contributed by atoms with Gasteiger partial charge >= 0.3 is 5.97 Å². The van der Waals surface area contributed by atoms with Crippen molar-refractivity contribution < 1.29 is 19.4 Å². The van der Waals surface area contributed by atoms with E-state index in [-0.39, 0.29) is 6.61 Å². The molecule has 1 aliphatic carbocycles. The van der Waals surface area contributed by atoms with E-state index in [0.29, 0.717) is 12.5 Å². The molecule has 1 atom stereocenters. The highest BCUT2D eigenvalue weighted by Gasteiger charge is 2.21. The summed E-state index contributed by atoms with van der Waals surface area (Å²) in [5, 5.41) is 8.83. The minimum Gasteiger partial charge on any atom is -0.479 e. The van der Waals surface area contributed by atoms with Crippen molar-refractivity contribution in [3.63, 3.8) is 0 Å². The van der Waals surface area contributed by atoms with Crippen molar-refractivity contribution in [2.24, 2.45) is 5.92 Å². The molecule has 15 heavy (non-hydrogen) atoms. The zero-order chi connectivity index (χ0) is 11.1. The lowest BCUT2D eigenvalue weighted by Gasteiger charge is -2.23. The first-order chi connectivity index (χ1) is 7.24. The minimum absolute atomic E-state index is 0.127. The Balaban J connectivity index is 2.22. The Morgan fingerprint density at radius 1 is 1.40 bits per heavy atom. The number of hydrogen-bond acceptors (Lipinski definition) is 3. The molecule has 1 fully saturated rings. The van der Waals surface area contributed by atoms with Crippen LogP contribution in [0.1, 0.15) is 32.1 Å². The average molecular weight is 216 g/mol. The zero-order valence-corrected chi connectivity index (χ0v) is 9.28. The van der Waals surface area contributed by atoms with Gasteiger partial charge in [0.15, 0.2) is 6.10 Å². The van der Waals surface area contributed by atoms with E-state index < -0.39 is 12.1 Å². The number of rotatable bonds is 6. The van der Waals surface area contributed by atoms with Crippen LogP contribution < -0.4 is 0 Å². The summed E-state index contributed by atoms with van der Waals surface area (Å²) >= 11 is 0. The Morgan fingerprint density at radius 3 is 2.60 bits per heavy atom. The van der Waals surface area contributed by atoms with Crippen molar-refractivity contribution in [1.82, 2.24) is 0 Å². The summed E-state index contributed by atoms with van der Waals surface area (Å²) in [7, 11) is 1.49. The van der Waals surface area contributed by atoms with Gasteiger partial charge < -0.3 is 14.6 Å². The third kappa shape index (κ3) is 4.62. The van der Waals surface area contributed by atoms with E-state index in [9.17, 15) is 4.79 Å². The smallest absolute Gasteiger partial charge is 0.335 e. The second-order valence-electron chi connectivity index (χ2n) is 4.12. The van der Waals surface area contributed by atoms with E-state index in [2.05, 4.69) is 0 Å². The molecule has 1 aliphatic rings. The fourth-order valence-corrected chi connectivity index (χ4v) is 1.95. The predicted octanol–water partition coefficient (Wildman–Crippen LogP) is 1.68. The van der Waals surface area contributed by atoms with Crippen LogP contribution in [0.4, 0.5) is 0 Å². The van der Waals surface area contributed by atoms with Crippen molar-refractivity contribution in [2.75, 3.05) is 20.3 Å². The molecule has 1 rings (SSSR count). The first-order valence-electron chi connectivity index (χ1n) is 5.57. The van der Waals surface area contributed by atoms with Gasteiger partial charge in [0, 0.05) is 7.11 Å². The number of aliphatic carboxylic acids is 1. The number of ether oxygens (including phenoxy) is 2. The van der Waals surface area contributed by atoms with E-state index in [0.717, 1.165) is 0 Å². The Bertz CT molecular complexity index is 187. The lowest BCUT2D eigenvalue weighted by molar-refractivity contribution is -0.155. The molecule has 0 aromatic carbocycles. The highest BCUT2D eigenvalue weighted by Crippen LogP contribution is 2.23. The van der Waals surface area contributed by atoms with Gasteiger partial charge in [-0.15, -0.1) is 0 Å². The van der Waals surface area contributed by atoms with Crippen LogP contribution in [0, 0.1) is 5.92 Å². The van der Waals surface area contributed by atoms with Crippen LogP contribution in [-0.2, 0) is 14.3 Å². The summed E-state index contributed by atoms with van der Waals surface area (Å²) < 4.78 is 10.2. The molecule has 4 heteroatoms. The van der Waals surface area contributed by atoms with Crippen LogP contribution in [0.2, 0.25) is 0 Å². The molecule has 1 saturated carbocycles. The third-order valence-corrected chi connectivity index (χ3v) is 2.85. The van der Waals surface area contributed by atoms with E-state index in [4.69, 9.17) is 14.6 Å². The van der Waals surface area contributed by atoms with Crippen molar-refractivity contribution in [3.05, 3.63) is 0 Å². The second kappa shape index (κ2) is 6.80. The van der Waals surface area contributed by atoms with Crippen LogP contribution in [0.25, 0.3) is 0 Å². The van der Waals surface area contributed by atoms with Gasteiger partial charge in [0.1, 0.15) is 0 Å². The molecule has 0 radical (unpaired) electrons. The number of methoxy groups -OCH3 is 1. The van der Waals surface area contributed by atoms with Crippen LogP contribution in [0.3, 0.4) is 0 Å². The van der Waals surface area contributed by atoms with E-state index in [1.54, 1.807) is 0 Å². The monoisotopic (exact) mass is 216 g/mol. The fourth-order valence-electron chi connectivity index (χ4n) is 1.95. The Hall–Kier alpha value is -0.610. The van der Waals surface area contributed by atoms with Gasteiger partial charge in [0.2, 0.25) is 0 Å². The summed E-state index contributed by atoms with van der Waals surface area (Å²) in [5.41, 5.74) is 0. The standard InChI is InChI=1S/C11H20O4/c1-14-8-10(11(12)13)15-7-9-5-3-2-4-6-9/h9-10H,2-8H2,1H3,(H,12,13). The maximum atomic E-state index is 10.8. The summed E-state index contributed by atoms with van der Waals surface area (Å²) in [6.07, 6.45) is 5.32. The van der Waals surface area contributed by atoms with Gasteiger partial charge in [-0.05, 0) is 18.8 Å². The van der Waals surface area contributed by atoms with Crippen LogP contribution >= 0.6 is 0 Å². The SMILES string of the molecule is COCC(OCC1CCCCC1)C(=O)O. The van der Waals surface area contributed by atoms with Gasteiger partial charge in [-0.1, -0.05) is 19.3 Å². The molecule has 0 aliphatic heterocycles. The predicted molar refractivity (Wildman–Crippen MR) is 55.8 cm³/mol. The molecule has 0 saturated heterocycles. The highest BCUT2D eigenvalue weighted by atomic mass is 16.5. The first kappa shape index (κ1) is 12.5. The largest absolute Gasteiger partial charge is 0.479 e. The Labute approximate surface area is 90.6 Å². The number of carboxylic acid groups (broad SMARTS) is 1. The molecule has 1 N–H and O–H groups in total. The van der Waals surface area contributed by atoms with E-state index in [1.165, 1.54) is 39.2 Å². The quantitative estimate of drug-likeness (QED) is 0.734. The van der Waals surface area contributed by atoms with Crippen molar-refractivity contribution in [1.29, 1.82) is 0 Å². The Morgan fingerprint density at radius 2 is 2.07 bits per heavy atom. The number of carbonyl (C=O) groups is 1. The summed E-state index contributed by atoms with van der Waals surface area (Å²) in [5.74, 6) is -0.398. The summed E-state index contributed by atoms with van der Waals surface area (Å²) in [6, 6.07) is 0. The van der Waals surface area contributed by atoms with Crippen LogP contribution in [0.15, 0.2) is 0 Å². The normalized spacial score (nSPS) is 20.1. The molecule has 88 valence electrons. The molecule has 4 nitrogen and oxygen atoms in total. The maximum Gasteiger partial charge on any atom is 0.335 e. The summed E-state index contributed by atoms with van der Waals surface area (Å²) in [6.45, 7) is 0.683. The van der Waals surface area contributed by atoms with Gasteiger partial charge in [-0.3, -0.25) is 0 Å². The van der Waals surface area contributed by atoms with E-state index in [1.807, 2.05) is 0 Å². The molecule has 0 aromatic rings. The van der Waals surface area contributed by atoms with Crippen molar-refractivity contribution in [3.8, 4) is 0 Å². The highest BCUT2D eigenvalue weighted by molar-refractivity contribution is 5.72. The van der Waals surface area contributed by atoms with Gasteiger partial charge in [-0.25, -0.2) is 4.79 Å². The average Bonchev–Trinajstić information content (AvgIpc) is 2.25. The lowest BCUT2D eigenvalue weighted by atomic mass is 9.90. The van der Waals surface area contributed by atoms with Crippen LogP contribution in [0.5, 0.6) is 0 Å². The van der Waals surface area contributed by atoms with Gasteiger partial charge in [0.05, 0.1) is 13.2 Å². The van der Waals surface area contributed by atoms with Gasteiger partial charge in [0.25, 0.3) is 0 Å². The molecule has 0 aromatic heterocycles. The number of carboxylic acids is 1. The fraction of sp³-hybridized carbons (Fsp3) is 0.909. The van der Waals surface area contributed by atoms with Crippen LogP contribution in [-0.4, -0.2) is 37.5 Å². The van der Waals surface area contributed by atoms with Crippen molar-refractivity contribution >= 4 is 5.97 Å². The maximum absolute atomic E-state index is 10.8. The van der Waals surface area contributed by atoms with Gasteiger partial charge in [-0.2, -0.15) is 0 Å². The minimum atomic E-state index is -0.937. The molecule has 0 bridgehead atoms. The third-order valence-electron chi connectivity index (χ3n) is 2.85. The second-order valence-corrected chi connectivity index (χ2v) is 4.12. The number of hydrogen-bond donors (Lipinski definition) is 1. The van der Waals surface area contributed by atoms with E-state index >= 15 is 0 Å². The zero-order valence-electron chi connectivity index (χ0n) is 9.28. The molecule has 1 unspecified atom stereocenters. The summed E-state index contributed by atoms with van der Waals surface area (Å²) in [4.78, 5) is 10.8. The molecular formula is C11H20O4. The Kier molecular flexibility index (Phi) is 5.65. The first-order valence-corrected chi connectivity index (χ1v) is 5.57. The topological polar surface area (TPSA) is 55.8 Å². The molecule has 0 heterocycles. The van der Waals surface area contributed by atoms with Crippen molar-refractivity contribution in [2.45, 2.75) is 38.2 Å².